The van der Waals surface area contributed by atoms with E-state index in [0.717, 1.165) is 0 Å². The van der Waals surface area contributed by atoms with E-state index in [9.17, 15) is 14.9 Å². The smallest absolute Gasteiger partial charge is 0.355 e. The topological polar surface area (TPSA) is 83.6 Å². The molecule has 1 rings (SSSR count). The van der Waals surface area contributed by atoms with E-state index in [1.807, 2.05) is 0 Å². The third-order valence-corrected chi connectivity index (χ3v) is 2.45. The normalized spacial score (nSPS) is 11.4. The van der Waals surface area contributed by atoms with Crippen LogP contribution in [0.25, 0.3) is 0 Å². The number of rotatable bonds is 6. The first-order chi connectivity index (χ1) is 9.24. The summed E-state index contributed by atoms with van der Waals surface area (Å²) in [5, 5.41) is 10.8. The highest BCUT2D eigenvalue weighted by atomic mass is 16.6. The predicted octanol–water partition coefficient (Wildman–Crippen LogP) is 2.39. The maximum Gasteiger partial charge on any atom is 0.355 e. The Morgan fingerprint density at radius 2 is 2.10 bits per heavy atom. The van der Waals surface area contributed by atoms with Gasteiger partial charge in [-0.3, -0.25) is 10.1 Å². The number of ether oxygens (including phenoxy) is 2. The molecule has 0 aliphatic carbocycles. The maximum atomic E-state index is 12.1. The number of carbonyl (C=O) groups excluding carboxylic acids is 1. The summed E-state index contributed by atoms with van der Waals surface area (Å²) in [6.07, 6.45) is 1.99. The number of hydrogen-bond acceptors (Lipinski definition) is 5. The Hall–Kier alpha value is -1.89. The van der Waals surface area contributed by atoms with Gasteiger partial charge in [-0.15, -0.1) is 0 Å². The molecule has 0 amide bonds. The summed E-state index contributed by atoms with van der Waals surface area (Å²) in [5.74, 6) is -0.567. The van der Waals surface area contributed by atoms with Gasteiger partial charge in [0.15, 0.2) is 0 Å². The third-order valence-electron chi connectivity index (χ3n) is 2.45. The number of nitro groups is 1. The first kappa shape index (κ1) is 16.2. The second-order valence-electron chi connectivity index (χ2n) is 5.38. The Labute approximate surface area is 117 Å². The van der Waals surface area contributed by atoms with Crippen LogP contribution in [-0.4, -0.2) is 34.8 Å². The number of carbonyl (C=O) groups is 1. The number of aromatic nitrogens is 1. The first-order valence-corrected chi connectivity index (χ1v) is 6.31. The lowest BCUT2D eigenvalue weighted by molar-refractivity contribution is -0.384. The zero-order chi connectivity index (χ0) is 15.3. The highest BCUT2D eigenvalue weighted by Crippen LogP contribution is 2.20. The van der Waals surface area contributed by atoms with Gasteiger partial charge in [0.05, 0.1) is 11.1 Å². The van der Waals surface area contributed by atoms with Gasteiger partial charge in [-0.2, -0.15) is 0 Å². The fraction of sp³-hybridized carbons (Fsp3) is 0.615. The van der Waals surface area contributed by atoms with E-state index in [0.29, 0.717) is 19.6 Å². The molecular formula is C13H20N2O5. The zero-order valence-corrected chi connectivity index (χ0v) is 12.2. The minimum atomic E-state index is -0.645. The van der Waals surface area contributed by atoms with Gasteiger partial charge in [0.2, 0.25) is 0 Å². The summed E-state index contributed by atoms with van der Waals surface area (Å²) >= 11 is 0. The van der Waals surface area contributed by atoms with Crippen molar-refractivity contribution in [1.29, 1.82) is 0 Å². The third kappa shape index (κ3) is 4.65. The Morgan fingerprint density at radius 3 is 2.60 bits per heavy atom. The monoisotopic (exact) mass is 284 g/mol. The molecule has 0 radical (unpaired) electrons. The van der Waals surface area contributed by atoms with Crippen LogP contribution >= 0.6 is 0 Å². The standard InChI is InChI=1S/C13H20N2O5/c1-13(2,3)20-12(16)11-8-10(15(17)18)9-14(11)6-5-7-19-4/h8-9H,5-7H2,1-4H3. The molecule has 0 aromatic carbocycles. The number of aryl methyl sites for hydroxylation is 1. The van der Waals surface area contributed by atoms with Crippen molar-refractivity contribution in [2.24, 2.45) is 0 Å². The van der Waals surface area contributed by atoms with E-state index in [1.54, 1.807) is 27.9 Å². The molecule has 0 aliphatic heterocycles. The fourth-order valence-corrected chi connectivity index (χ4v) is 1.66. The van der Waals surface area contributed by atoms with Gasteiger partial charge < -0.3 is 14.0 Å². The minimum absolute atomic E-state index is 0.122. The summed E-state index contributed by atoms with van der Waals surface area (Å²) in [4.78, 5) is 22.3. The van der Waals surface area contributed by atoms with Crippen molar-refractivity contribution in [2.45, 2.75) is 39.3 Å². The van der Waals surface area contributed by atoms with Crippen LogP contribution in [0.15, 0.2) is 12.3 Å². The summed E-state index contributed by atoms with van der Waals surface area (Å²) in [6, 6.07) is 1.24. The lowest BCUT2D eigenvalue weighted by Gasteiger charge is -2.19. The van der Waals surface area contributed by atoms with E-state index in [2.05, 4.69) is 0 Å². The average molecular weight is 284 g/mol. The van der Waals surface area contributed by atoms with Gasteiger partial charge in [0.25, 0.3) is 5.69 Å². The van der Waals surface area contributed by atoms with Crippen molar-refractivity contribution < 1.29 is 19.2 Å². The van der Waals surface area contributed by atoms with Crippen molar-refractivity contribution in [2.75, 3.05) is 13.7 Å². The molecule has 7 heteroatoms. The molecule has 0 bridgehead atoms. The highest BCUT2D eigenvalue weighted by Gasteiger charge is 2.24. The molecule has 0 fully saturated rings. The number of hydrogen-bond donors (Lipinski definition) is 0. The molecule has 1 heterocycles. The molecule has 112 valence electrons. The van der Waals surface area contributed by atoms with E-state index in [-0.39, 0.29) is 11.4 Å². The molecule has 7 nitrogen and oxygen atoms in total. The van der Waals surface area contributed by atoms with Gasteiger partial charge in [-0.25, -0.2) is 4.79 Å². The summed E-state index contributed by atoms with van der Waals surface area (Å²) in [6.45, 7) is 6.21. The van der Waals surface area contributed by atoms with E-state index >= 15 is 0 Å². The molecule has 0 atom stereocenters. The van der Waals surface area contributed by atoms with Crippen LogP contribution in [-0.2, 0) is 16.0 Å². The van der Waals surface area contributed by atoms with Gasteiger partial charge >= 0.3 is 5.97 Å². The van der Waals surface area contributed by atoms with Crippen LogP contribution in [0, 0.1) is 10.1 Å². The molecule has 0 N–H and O–H groups in total. The van der Waals surface area contributed by atoms with Crippen LogP contribution in [0.5, 0.6) is 0 Å². The van der Waals surface area contributed by atoms with Gasteiger partial charge in [0.1, 0.15) is 11.3 Å². The van der Waals surface area contributed by atoms with Crippen LogP contribution in [0.3, 0.4) is 0 Å². The maximum absolute atomic E-state index is 12.1. The number of nitrogens with zero attached hydrogens (tertiary/aromatic N) is 2. The van der Waals surface area contributed by atoms with E-state index < -0.39 is 16.5 Å². The summed E-state index contributed by atoms with van der Waals surface area (Å²) in [5.41, 5.74) is -0.584. The molecule has 20 heavy (non-hydrogen) atoms. The molecular weight excluding hydrogens is 264 g/mol. The second-order valence-corrected chi connectivity index (χ2v) is 5.38. The molecule has 1 aromatic heterocycles. The quantitative estimate of drug-likeness (QED) is 0.346. The van der Waals surface area contributed by atoms with Crippen molar-refractivity contribution in [3.05, 3.63) is 28.1 Å². The average Bonchev–Trinajstić information content (AvgIpc) is 2.71. The largest absolute Gasteiger partial charge is 0.455 e. The Morgan fingerprint density at radius 1 is 1.45 bits per heavy atom. The fourth-order valence-electron chi connectivity index (χ4n) is 1.66. The van der Waals surface area contributed by atoms with Crippen LogP contribution in [0.4, 0.5) is 5.69 Å². The van der Waals surface area contributed by atoms with Crippen LogP contribution in [0.1, 0.15) is 37.7 Å². The second kappa shape index (κ2) is 6.51. The zero-order valence-electron chi connectivity index (χ0n) is 12.2. The Balaban J connectivity index is 2.96. The first-order valence-electron chi connectivity index (χ1n) is 6.31. The van der Waals surface area contributed by atoms with E-state index in [4.69, 9.17) is 9.47 Å². The van der Waals surface area contributed by atoms with E-state index in [1.165, 1.54) is 16.8 Å². The summed E-state index contributed by atoms with van der Waals surface area (Å²) < 4.78 is 11.7. The predicted molar refractivity (Wildman–Crippen MR) is 72.7 cm³/mol. The Kier molecular flexibility index (Phi) is 5.26. The van der Waals surface area contributed by atoms with Gasteiger partial charge in [0, 0.05) is 26.3 Å². The van der Waals surface area contributed by atoms with Crippen LogP contribution < -0.4 is 0 Å². The summed E-state index contributed by atoms with van der Waals surface area (Å²) in [7, 11) is 1.58. The minimum Gasteiger partial charge on any atom is -0.455 e. The van der Waals surface area contributed by atoms with Crippen molar-refractivity contribution in [1.82, 2.24) is 4.57 Å². The lowest BCUT2D eigenvalue weighted by atomic mass is 10.2. The van der Waals surface area contributed by atoms with Gasteiger partial charge in [-0.05, 0) is 27.2 Å². The molecule has 0 saturated heterocycles. The molecule has 1 aromatic rings. The lowest BCUT2D eigenvalue weighted by Crippen LogP contribution is -2.25. The number of esters is 1. The molecule has 0 spiro atoms. The Bertz CT molecular complexity index is 487. The SMILES string of the molecule is COCCCn1cc([N+](=O)[O-])cc1C(=O)OC(C)(C)C. The van der Waals surface area contributed by atoms with Gasteiger partial charge in [-0.1, -0.05) is 0 Å². The number of methoxy groups -OCH3 is 1. The molecule has 0 saturated carbocycles. The molecule has 0 aliphatic rings. The van der Waals surface area contributed by atoms with Crippen molar-refractivity contribution in [3.63, 3.8) is 0 Å². The van der Waals surface area contributed by atoms with Crippen molar-refractivity contribution in [3.8, 4) is 0 Å². The van der Waals surface area contributed by atoms with Crippen molar-refractivity contribution >= 4 is 11.7 Å². The van der Waals surface area contributed by atoms with Crippen LogP contribution in [0.2, 0.25) is 0 Å². The molecule has 0 unspecified atom stereocenters. The highest BCUT2D eigenvalue weighted by molar-refractivity contribution is 5.89.